The van der Waals surface area contributed by atoms with Gasteiger partial charge in [-0.25, -0.2) is 0 Å². The zero-order chi connectivity index (χ0) is 15.0. The number of amides is 1. The number of nitrogens with one attached hydrogen (secondary N) is 1. The highest BCUT2D eigenvalue weighted by molar-refractivity contribution is 7.99. The van der Waals surface area contributed by atoms with E-state index in [0.717, 1.165) is 5.75 Å². The summed E-state index contributed by atoms with van der Waals surface area (Å²) in [7, 11) is 0. The minimum atomic E-state index is -0.689. The molecular weight excluding hydrogens is 300 g/mol. The van der Waals surface area contributed by atoms with Gasteiger partial charge in [-0.15, -0.1) is 0 Å². The topological polar surface area (TPSA) is 95.6 Å². The number of nitrogens with two attached hydrogens (primary N) is 1. The van der Waals surface area contributed by atoms with Crippen molar-refractivity contribution in [2.24, 2.45) is 0 Å². The molecule has 5 N–H and O–H groups in total. The average molecular weight is 319 g/mol. The fourth-order valence-corrected chi connectivity index (χ4v) is 2.46. The Hall–Kier alpha value is -0.950. The van der Waals surface area contributed by atoms with Gasteiger partial charge in [0.15, 0.2) is 0 Å². The SMILES string of the molecule is Nc1cc(NC(=O)CCCSCC(O)CO)ccc1Cl. The number of anilines is 2. The number of hydrogen-bond acceptors (Lipinski definition) is 5. The summed E-state index contributed by atoms with van der Waals surface area (Å²) in [5.74, 6) is 1.15. The third-order valence-electron chi connectivity index (χ3n) is 2.49. The molecule has 0 bridgehead atoms. The largest absolute Gasteiger partial charge is 0.397 e. The number of hydrogen-bond donors (Lipinski definition) is 4. The van der Waals surface area contributed by atoms with Crippen molar-refractivity contribution in [1.29, 1.82) is 0 Å². The maximum Gasteiger partial charge on any atom is 0.224 e. The lowest BCUT2D eigenvalue weighted by atomic mass is 10.2. The first-order valence-electron chi connectivity index (χ1n) is 6.24. The minimum absolute atomic E-state index is 0.0879. The van der Waals surface area contributed by atoms with Crippen molar-refractivity contribution in [2.45, 2.75) is 18.9 Å². The Morgan fingerprint density at radius 2 is 2.25 bits per heavy atom. The van der Waals surface area contributed by atoms with Crippen molar-refractivity contribution in [3.8, 4) is 0 Å². The van der Waals surface area contributed by atoms with Gasteiger partial charge in [0.05, 0.1) is 23.4 Å². The zero-order valence-corrected chi connectivity index (χ0v) is 12.6. The van der Waals surface area contributed by atoms with Crippen LogP contribution < -0.4 is 11.1 Å². The first-order chi connectivity index (χ1) is 9.52. The van der Waals surface area contributed by atoms with Gasteiger partial charge in [-0.3, -0.25) is 4.79 Å². The predicted molar refractivity (Wildman–Crippen MR) is 84.1 cm³/mol. The van der Waals surface area contributed by atoms with Gasteiger partial charge in [-0.1, -0.05) is 11.6 Å². The second-order valence-electron chi connectivity index (χ2n) is 4.30. The zero-order valence-electron chi connectivity index (χ0n) is 11.0. The van der Waals surface area contributed by atoms with E-state index < -0.39 is 6.10 Å². The van der Waals surface area contributed by atoms with E-state index in [2.05, 4.69) is 5.32 Å². The van der Waals surface area contributed by atoms with E-state index in [0.29, 0.717) is 35.0 Å². The molecule has 20 heavy (non-hydrogen) atoms. The van der Waals surface area contributed by atoms with Crippen LogP contribution in [-0.2, 0) is 4.79 Å². The molecule has 1 amide bonds. The molecule has 1 atom stereocenters. The van der Waals surface area contributed by atoms with Crippen molar-refractivity contribution in [3.05, 3.63) is 23.2 Å². The van der Waals surface area contributed by atoms with Crippen LogP contribution in [0.4, 0.5) is 11.4 Å². The molecule has 0 saturated carbocycles. The Morgan fingerprint density at radius 1 is 1.50 bits per heavy atom. The van der Waals surface area contributed by atoms with Gasteiger partial charge in [0.2, 0.25) is 5.91 Å². The smallest absolute Gasteiger partial charge is 0.224 e. The molecule has 1 aromatic rings. The molecule has 5 nitrogen and oxygen atoms in total. The lowest BCUT2D eigenvalue weighted by molar-refractivity contribution is -0.116. The molecule has 0 radical (unpaired) electrons. The molecule has 0 aliphatic rings. The number of benzene rings is 1. The number of aliphatic hydroxyl groups excluding tert-OH is 2. The quantitative estimate of drug-likeness (QED) is 0.432. The van der Waals surface area contributed by atoms with Crippen LogP contribution in [0.2, 0.25) is 5.02 Å². The van der Waals surface area contributed by atoms with Crippen molar-refractivity contribution in [3.63, 3.8) is 0 Å². The van der Waals surface area contributed by atoms with Gasteiger partial charge in [0.25, 0.3) is 0 Å². The van der Waals surface area contributed by atoms with Crippen molar-refractivity contribution < 1.29 is 15.0 Å². The summed E-state index contributed by atoms with van der Waals surface area (Å²) in [6, 6.07) is 4.95. The molecule has 1 unspecified atom stereocenters. The van der Waals surface area contributed by atoms with Crippen LogP contribution in [0.15, 0.2) is 18.2 Å². The van der Waals surface area contributed by atoms with Crippen LogP contribution in [0.5, 0.6) is 0 Å². The predicted octanol–water partition coefficient (Wildman–Crippen LogP) is 1.73. The normalized spacial score (nSPS) is 12.2. The molecule has 0 aromatic heterocycles. The molecule has 0 heterocycles. The summed E-state index contributed by atoms with van der Waals surface area (Å²) >= 11 is 7.31. The molecule has 0 aliphatic heterocycles. The highest BCUT2D eigenvalue weighted by atomic mass is 35.5. The highest BCUT2D eigenvalue weighted by Gasteiger charge is 2.05. The number of thioether (sulfide) groups is 1. The Kier molecular flexibility index (Phi) is 7.76. The third kappa shape index (κ3) is 6.47. The number of rotatable bonds is 8. The van der Waals surface area contributed by atoms with Crippen LogP contribution in [0.1, 0.15) is 12.8 Å². The monoisotopic (exact) mass is 318 g/mol. The van der Waals surface area contributed by atoms with Crippen LogP contribution in [0.3, 0.4) is 0 Å². The summed E-state index contributed by atoms with van der Waals surface area (Å²) < 4.78 is 0. The highest BCUT2D eigenvalue weighted by Crippen LogP contribution is 2.22. The molecule has 0 aliphatic carbocycles. The lowest BCUT2D eigenvalue weighted by Crippen LogP contribution is -2.15. The van der Waals surface area contributed by atoms with E-state index >= 15 is 0 Å². The van der Waals surface area contributed by atoms with E-state index in [9.17, 15) is 4.79 Å². The molecule has 0 fully saturated rings. The van der Waals surface area contributed by atoms with E-state index in [1.54, 1.807) is 18.2 Å². The summed E-state index contributed by atoms with van der Waals surface area (Å²) in [6.07, 6.45) is 0.411. The van der Waals surface area contributed by atoms with E-state index in [-0.39, 0.29) is 12.5 Å². The van der Waals surface area contributed by atoms with Gasteiger partial charge < -0.3 is 21.3 Å². The van der Waals surface area contributed by atoms with Gasteiger partial charge in [0.1, 0.15) is 0 Å². The van der Waals surface area contributed by atoms with E-state index in [1.807, 2.05) is 0 Å². The number of halogens is 1. The third-order valence-corrected chi connectivity index (χ3v) is 4.04. The first-order valence-corrected chi connectivity index (χ1v) is 7.77. The number of nitrogen functional groups attached to an aromatic ring is 1. The maximum absolute atomic E-state index is 11.7. The lowest BCUT2D eigenvalue weighted by Gasteiger charge is -2.08. The summed E-state index contributed by atoms with van der Waals surface area (Å²) in [4.78, 5) is 11.7. The second kappa shape index (κ2) is 9.07. The number of carbonyl (C=O) groups is 1. The van der Waals surface area contributed by atoms with Gasteiger partial charge >= 0.3 is 0 Å². The van der Waals surface area contributed by atoms with E-state index in [4.69, 9.17) is 27.5 Å². The Balaban J connectivity index is 2.21. The molecule has 7 heteroatoms. The summed E-state index contributed by atoms with van der Waals surface area (Å²) in [5, 5.41) is 21.0. The molecule has 1 aromatic carbocycles. The van der Waals surface area contributed by atoms with Crippen LogP contribution in [0.25, 0.3) is 0 Å². The van der Waals surface area contributed by atoms with Crippen LogP contribution in [-0.4, -0.2) is 40.3 Å². The Morgan fingerprint density at radius 3 is 2.90 bits per heavy atom. The van der Waals surface area contributed by atoms with Gasteiger partial charge in [-0.2, -0.15) is 11.8 Å². The van der Waals surface area contributed by atoms with E-state index in [1.165, 1.54) is 11.8 Å². The molecular formula is C13H19ClN2O3S. The minimum Gasteiger partial charge on any atom is -0.397 e. The van der Waals surface area contributed by atoms with Gasteiger partial charge in [0, 0.05) is 17.9 Å². The molecule has 0 saturated heterocycles. The van der Waals surface area contributed by atoms with Crippen molar-refractivity contribution in [2.75, 3.05) is 29.2 Å². The van der Waals surface area contributed by atoms with Crippen molar-refractivity contribution >= 4 is 40.6 Å². The van der Waals surface area contributed by atoms with Crippen LogP contribution in [0, 0.1) is 0 Å². The fourth-order valence-electron chi connectivity index (χ4n) is 1.45. The standard InChI is InChI=1S/C13H19ClN2O3S/c14-11-4-3-9(6-12(11)15)16-13(19)2-1-5-20-8-10(18)7-17/h3-4,6,10,17-18H,1-2,5,7-8,15H2,(H,16,19). The second-order valence-corrected chi connectivity index (χ2v) is 5.86. The molecule has 0 spiro atoms. The van der Waals surface area contributed by atoms with Crippen LogP contribution >= 0.6 is 23.4 Å². The summed E-state index contributed by atoms with van der Waals surface area (Å²) in [5.41, 5.74) is 6.70. The Labute approximate surface area is 127 Å². The molecule has 112 valence electrons. The summed E-state index contributed by atoms with van der Waals surface area (Å²) in [6.45, 7) is -0.231. The molecule has 1 rings (SSSR count). The first kappa shape index (κ1) is 17.1. The number of carbonyl (C=O) groups excluding carboxylic acids is 1. The fraction of sp³-hybridized carbons (Fsp3) is 0.462. The average Bonchev–Trinajstić information content (AvgIpc) is 2.42. The number of aliphatic hydroxyl groups is 2. The Bertz CT molecular complexity index is 446. The maximum atomic E-state index is 11.7. The van der Waals surface area contributed by atoms with Gasteiger partial charge in [-0.05, 0) is 30.4 Å². The van der Waals surface area contributed by atoms with Crippen molar-refractivity contribution in [1.82, 2.24) is 0 Å².